The number of benzene rings is 3. The van der Waals surface area contributed by atoms with E-state index in [0.29, 0.717) is 0 Å². The summed E-state index contributed by atoms with van der Waals surface area (Å²) in [6.45, 7) is 1.37. The molecule has 1 fully saturated rings. The first-order chi connectivity index (χ1) is 20.0. The van der Waals surface area contributed by atoms with Crippen LogP contribution >= 0.6 is 0 Å². The van der Waals surface area contributed by atoms with E-state index in [1.54, 1.807) is 0 Å². The first-order valence-corrected chi connectivity index (χ1v) is 11.9. The number of piperazine rings is 1. The summed E-state index contributed by atoms with van der Waals surface area (Å²) in [4.78, 5) is 15.8. The van der Waals surface area contributed by atoms with Gasteiger partial charge in [-0.15, -0.1) is 0 Å². The molecule has 4 rings (SSSR count). The Morgan fingerprint density at radius 3 is 1.92 bits per heavy atom. The Hall–Kier alpha value is -3.09. The van der Waals surface area contributed by atoms with Crippen LogP contribution < -0.4 is 5.32 Å². The Balaban J connectivity index is 1.55. The minimum atomic E-state index is -3.30. The lowest BCUT2D eigenvalue weighted by molar-refractivity contribution is -0.117. The number of hydrogen-bond donors (Lipinski definition) is 1. The molecule has 1 amide bonds. The number of anilines is 1. The summed E-state index contributed by atoms with van der Waals surface area (Å²) in [5.74, 6) is -4.12. The maximum Gasteiger partial charge on any atom is 0.238 e. The van der Waals surface area contributed by atoms with Gasteiger partial charge in [-0.25, -0.2) is 8.78 Å². The minimum Gasteiger partial charge on any atom is -0.324 e. The second-order valence-electron chi connectivity index (χ2n) is 8.83. The van der Waals surface area contributed by atoms with E-state index < -0.39 is 36.8 Å². The Bertz CT molecular complexity index is 1380. The zero-order valence-electron chi connectivity index (χ0n) is 27.4. The number of carbonyl (C=O) groups is 1. The Kier molecular flexibility index (Phi) is 6.19. The highest BCUT2D eigenvalue weighted by Gasteiger charge is 2.20. The number of hydrogen-bond acceptors (Lipinski definition) is 3. The molecule has 0 atom stereocenters. The van der Waals surface area contributed by atoms with Crippen LogP contribution in [0.3, 0.4) is 0 Å². The summed E-state index contributed by atoms with van der Waals surface area (Å²) in [7, 11) is 0. The Morgan fingerprint density at radius 2 is 1.39 bits per heavy atom. The lowest BCUT2D eigenvalue weighted by atomic mass is 9.87. The van der Waals surface area contributed by atoms with E-state index in [-0.39, 0.29) is 49.8 Å². The molecule has 4 nitrogen and oxygen atoms in total. The van der Waals surface area contributed by atoms with Crippen LogP contribution in [0.4, 0.5) is 14.5 Å². The second kappa shape index (κ2) is 12.2. The molecule has 1 aliphatic rings. The standard InChI is InChI=1S/C30H35F2N3O/c1-22-5-3-6-23(2)30(22)33-29(36)21-35-19-17-34(18-20-35)16-4-7-28(24-8-12-26(31)13-9-24)25-10-14-27(32)15-11-25/h3,5-6,8-15,28H,4,7,16-21H2,1-2H3,(H,33,36)/i4D2,7D2,16D2,28D. The van der Waals surface area contributed by atoms with Crippen LogP contribution in [-0.4, -0.2) is 54.9 Å². The highest BCUT2D eigenvalue weighted by atomic mass is 19.1. The van der Waals surface area contributed by atoms with Gasteiger partial charge in [0.15, 0.2) is 0 Å². The lowest BCUT2D eigenvalue weighted by Gasteiger charge is -2.34. The van der Waals surface area contributed by atoms with E-state index in [2.05, 4.69) is 5.32 Å². The summed E-state index contributed by atoms with van der Waals surface area (Å²) in [5.41, 5.74) is 2.35. The molecule has 6 heteroatoms. The minimum absolute atomic E-state index is 0.00262. The topological polar surface area (TPSA) is 35.6 Å². The molecule has 0 radical (unpaired) electrons. The van der Waals surface area contributed by atoms with Crippen molar-refractivity contribution in [3.05, 3.63) is 101 Å². The summed E-state index contributed by atoms with van der Waals surface area (Å²) < 4.78 is 90.3. The van der Waals surface area contributed by atoms with Crippen molar-refractivity contribution in [2.45, 2.75) is 32.5 Å². The van der Waals surface area contributed by atoms with Crippen molar-refractivity contribution >= 4 is 11.6 Å². The molecule has 0 aromatic heterocycles. The van der Waals surface area contributed by atoms with E-state index in [1.165, 1.54) is 4.90 Å². The molecule has 0 bridgehead atoms. The smallest absolute Gasteiger partial charge is 0.238 e. The van der Waals surface area contributed by atoms with Crippen LogP contribution in [0.5, 0.6) is 0 Å². The SMILES string of the molecule is [2H]C(c1ccc(F)cc1)(c1ccc(F)cc1)C([2H])([2H])C([2H])([2H])C([2H])([2H])N1CCN(CC(=O)Nc2c(C)cccc2C)CC1. The fourth-order valence-corrected chi connectivity index (χ4v) is 4.13. The van der Waals surface area contributed by atoms with Crippen molar-refractivity contribution in [2.75, 3.05) is 44.5 Å². The summed E-state index contributed by atoms with van der Waals surface area (Å²) in [5, 5.41) is 2.92. The van der Waals surface area contributed by atoms with Crippen molar-refractivity contribution in [3.63, 3.8) is 0 Å². The van der Waals surface area contributed by atoms with E-state index in [9.17, 15) is 14.9 Å². The predicted molar refractivity (Wildman–Crippen MR) is 141 cm³/mol. The number of nitrogens with one attached hydrogen (secondary N) is 1. The second-order valence-corrected chi connectivity index (χ2v) is 8.83. The number of aryl methyl sites for hydroxylation is 2. The van der Waals surface area contributed by atoms with Gasteiger partial charge in [-0.2, -0.15) is 0 Å². The molecule has 1 N–H and O–H groups in total. The lowest BCUT2D eigenvalue weighted by Crippen LogP contribution is -2.48. The maximum absolute atomic E-state index is 13.8. The van der Waals surface area contributed by atoms with Crippen LogP contribution in [-0.2, 0) is 4.79 Å². The van der Waals surface area contributed by atoms with E-state index in [4.69, 9.17) is 8.22 Å². The molecule has 1 heterocycles. The molecule has 0 saturated carbocycles. The molecule has 1 aliphatic heterocycles. The number of amides is 1. The molecule has 3 aromatic carbocycles. The van der Waals surface area contributed by atoms with Gasteiger partial charge in [-0.1, -0.05) is 42.5 Å². The number of nitrogens with zero attached hydrogens (tertiary/aromatic N) is 2. The Morgan fingerprint density at radius 1 is 0.889 bits per heavy atom. The van der Waals surface area contributed by atoms with Crippen molar-refractivity contribution in [3.8, 4) is 0 Å². The van der Waals surface area contributed by atoms with Gasteiger partial charge in [0, 0.05) is 47.4 Å². The van der Waals surface area contributed by atoms with Gasteiger partial charge in [0.25, 0.3) is 0 Å². The van der Waals surface area contributed by atoms with Crippen molar-refractivity contribution in [1.29, 1.82) is 0 Å². The zero-order chi connectivity index (χ0) is 31.8. The molecule has 0 spiro atoms. The summed E-state index contributed by atoms with van der Waals surface area (Å²) >= 11 is 0. The molecule has 1 saturated heterocycles. The van der Waals surface area contributed by atoms with Gasteiger partial charge in [0.1, 0.15) is 11.6 Å². The van der Waals surface area contributed by atoms with Gasteiger partial charge >= 0.3 is 0 Å². The average Bonchev–Trinajstić information content (AvgIpc) is 2.95. The van der Waals surface area contributed by atoms with Crippen LogP contribution in [0.25, 0.3) is 0 Å². The van der Waals surface area contributed by atoms with Gasteiger partial charge in [0.05, 0.1) is 6.54 Å². The quantitative estimate of drug-likeness (QED) is 0.408. The molecule has 3 aromatic rings. The summed E-state index contributed by atoms with van der Waals surface area (Å²) in [6, 6.07) is 14.3. The average molecular weight is 499 g/mol. The fraction of sp³-hybridized carbons (Fsp3) is 0.367. The zero-order valence-corrected chi connectivity index (χ0v) is 20.4. The van der Waals surface area contributed by atoms with Crippen LogP contribution in [0.1, 0.15) is 50.5 Å². The van der Waals surface area contributed by atoms with E-state index in [1.807, 2.05) is 36.9 Å². The van der Waals surface area contributed by atoms with Crippen molar-refractivity contribution in [1.82, 2.24) is 9.80 Å². The highest BCUT2D eigenvalue weighted by molar-refractivity contribution is 5.93. The summed E-state index contributed by atoms with van der Waals surface area (Å²) in [6.07, 6.45) is -6.55. The molecular formula is C30H35F2N3O. The van der Waals surface area contributed by atoms with Gasteiger partial charge in [-0.3, -0.25) is 9.69 Å². The largest absolute Gasteiger partial charge is 0.324 e. The Labute approximate surface area is 222 Å². The number of carbonyl (C=O) groups excluding carboxylic acids is 1. The third-order valence-electron chi connectivity index (χ3n) is 6.15. The van der Waals surface area contributed by atoms with Gasteiger partial charge in [0.2, 0.25) is 5.91 Å². The van der Waals surface area contributed by atoms with Crippen LogP contribution in [0.15, 0.2) is 66.7 Å². The molecular weight excluding hydrogens is 456 g/mol. The number of para-hydroxylation sites is 1. The highest BCUT2D eigenvalue weighted by Crippen LogP contribution is 2.30. The molecule has 0 unspecified atom stereocenters. The number of rotatable bonds is 9. The van der Waals surface area contributed by atoms with Gasteiger partial charge < -0.3 is 10.2 Å². The van der Waals surface area contributed by atoms with Crippen molar-refractivity contribution < 1.29 is 23.2 Å². The normalized spacial score (nSPS) is 19.2. The third-order valence-corrected chi connectivity index (χ3v) is 6.15. The first-order valence-electron chi connectivity index (χ1n) is 15.4. The molecule has 190 valence electrons. The predicted octanol–water partition coefficient (Wildman–Crippen LogP) is 5.75. The monoisotopic (exact) mass is 498 g/mol. The van der Waals surface area contributed by atoms with Crippen LogP contribution in [0.2, 0.25) is 0 Å². The molecule has 36 heavy (non-hydrogen) atoms. The fourth-order valence-electron chi connectivity index (χ4n) is 4.13. The van der Waals surface area contributed by atoms with E-state index in [0.717, 1.165) is 65.3 Å². The number of halogens is 2. The first kappa shape index (κ1) is 18.2. The van der Waals surface area contributed by atoms with Crippen molar-refractivity contribution in [2.24, 2.45) is 0 Å². The third kappa shape index (κ3) is 6.99. The molecule has 0 aliphatic carbocycles. The van der Waals surface area contributed by atoms with E-state index >= 15 is 0 Å². The maximum atomic E-state index is 13.8. The van der Waals surface area contributed by atoms with Gasteiger partial charge in [-0.05, 0) is 79.6 Å². The van der Waals surface area contributed by atoms with Crippen LogP contribution in [0, 0.1) is 25.5 Å².